The number of benzene rings is 1. The Bertz CT molecular complexity index is 1020. The largest absolute Gasteiger partial charge is 0.573 e. The Labute approximate surface area is 143 Å². The number of aromatic nitrogens is 4. The lowest BCUT2D eigenvalue weighted by molar-refractivity contribution is -0.274. The number of rotatable bonds is 6. The van der Waals surface area contributed by atoms with E-state index in [1.165, 1.54) is 18.5 Å². The maximum atomic E-state index is 12.2. The molecule has 0 amide bonds. The molecule has 2 aromatic heterocycles. The fourth-order valence-electron chi connectivity index (χ4n) is 2.32. The second-order valence-corrected chi connectivity index (χ2v) is 5.24. The van der Waals surface area contributed by atoms with Crippen molar-refractivity contribution in [2.24, 2.45) is 0 Å². The summed E-state index contributed by atoms with van der Waals surface area (Å²) in [6.45, 7) is 0.157. The third-order valence-electron chi connectivity index (χ3n) is 3.40. The summed E-state index contributed by atoms with van der Waals surface area (Å²) in [4.78, 5) is 33.0. The van der Waals surface area contributed by atoms with E-state index < -0.39 is 23.4 Å². The number of halogens is 3. The van der Waals surface area contributed by atoms with Crippen molar-refractivity contribution in [3.05, 3.63) is 51.4 Å². The molecule has 0 fully saturated rings. The van der Waals surface area contributed by atoms with Gasteiger partial charge in [-0.05, 0) is 18.6 Å². The Morgan fingerprint density at radius 2 is 1.96 bits per heavy atom. The van der Waals surface area contributed by atoms with Crippen molar-refractivity contribution in [3.63, 3.8) is 0 Å². The van der Waals surface area contributed by atoms with Gasteiger partial charge in [0, 0.05) is 12.6 Å². The first-order chi connectivity index (χ1) is 12.3. The Morgan fingerprint density at radius 3 is 2.73 bits per heavy atom. The summed E-state index contributed by atoms with van der Waals surface area (Å²) in [6, 6.07) is 5.08. The normalized spacial score (nSPS) is 11.7. The van der Waals surface area contributed by atoms with Gasteiger partial charge >= 0.3 is 12.1 Å². The van der Waals surface area contributed by atoms with Crippen LogP contribution in [0.2, 0.25) is 0 Å². The van der Waals surface area contributed by atoms with Crippen LogP contribution in [0.5, 0.6) is 11.5 Å². The van der Waals surface area contributed by atoms with Crippen molar-refractivity contribution in [3.8, 4) is 11.5 Å². The summed E-state index contributed by atoms with van der Waals surface area (Å²) in [7, 11) is 0. The van der Waals surface area contributed by atoms with Crippen LogP contribution in [0.3, 0.4) is 0 Å². The summed E-state index contributed by atoms with van der Waals surface area (Å²) in [6.07, 6.45) is -3.20. The highest BCUT2D eigenvalue weighted by Gasteiger charge is 2.31. The highest BCUT2D eigenvalue weighted by Crippen LogP contribution is 2.26. The van der Waals surface area contributed by atoms with Crippen molar-refractivity contribution in [2.45, 2.75) is 19.3 Å². The Morgan fingerprint density at radius 1 is 1.19 bits per heavy atom. The maximum Gasteiger partial charge on any atom is 0.573 e. The van der Waals surface area contributed by atoms with Gasteiger partial charge in [-0.2, -0.15) is 0 Å². The van der Waals surface area contributed by atoms with E-state index in [1.54, 1.807) is 0 Å². The van der Waals surface area contributed by atoms with Crippen LogP contribution >= 0.6 is 0 Å². The predicted octanol–water partition coefficient (Wildman–Crippen LogP) is 1.78. The van der Waals surface area contributed by atoms with Gasteiger partial charge in [-0.1, -0.05) is 6.07 Å². The minimum absolute atomic E-state index is 0.0713. The number of H-pyrrole nitrogens is 2. The molecule has 3 rings (SSSR count). The zero-order valence-corrected chi connectivity index (χ0v) is 13.2. The van der Waals surface area contributed by atoms with Gasteiger partial charge in [-0.25, -0.2) is 9.78 Å². The molecular formula is C15H13F3N4O4. The van der Waals surface area contributed by atoms with Crippen LogP contribution in [0.25, 0.3) is 11.2 Å². The number of fused-ring (bicyclic) bond motifs is 1. The minimum atomic E-state index is -4.79. The topological polar surface area (TPSA) is 102 Å². The minimum Gasteiger partial charge on any atom is -0.493 e. The maximum absolute atomic E-state index is 12.2. The first-order valence-electron chi connectivity index (χ1n) is 7.48. The van der Waals surface area contributed by atoms with E-state index >= 15 is 0 Å². The third-order valence-corrected chi connectivity index (χ3v) is 3.40. The number of nitrogens with zero attached hydrogens (tertiary/aromatic N) is 2. The molecule has 0 aliphatic heterocycles. The summed E-state index contributed by atoms with van der Waals surface area (Å²) in [5, 5.41) is 0. The molecule has 0 aliphatic rings. The van der Waals surface area contributed by atoms with Gasteiger partial charge in [0.05, 0.1) is 12.9 Å². The molecule has 0 spiro atoms. The van der Waals surface area contributed by atoms with Crippen LogP contribution in [0.1, 0.15) is 6.42 Å². The summed E-state index contributed by atoms with van der Waals surface area (Å²) in [5.41, 5.74) is -0.756. The molecule has 2 N–H and O–H groups in total. The van der Waals surface area contributed by atoms with Gasteiger partial charge in [0.15, 0.2) is 5.65 Å². The van der Waals surface area contributed by atoms with Gasteiger partial charge in [0.1, 0.15) is 17.0 Å². The third kappa shape index (κ3) is 4.05. The lowest BCUT2D eigenvalue weighted by Crippen LogP contribution is -2.35. The average Bonchev–Trinajstić information content (AvgIpc) is 3.01. The molecule has 0 saturated heterocycles. The fraction of sp³-hybridized carbons (Fsp3) is 0.267. The van der Waals surface area contributed by atoms with Gasteiger partial charge in [0.25, 0.3) is 5.56 Å². The number of hydrogen-bond donors (Lipinski definition) is 2. The van der Waals surface area contributed by atoms with Crippen LogP contribution in [0.15, 0.2) is 40.2 Å². The molecule has 3 aromatic rings. The lowest BCUT2D eigenvalue weighted by atomic mass is 10.3. The Kier molecular flexibility index (Phi) is 4.69. The second-order valence-electron chi connectivity index (χ2n) is 5.24. The van der Waals surface area contributed by atoms with Crippen LogP contribution in [0.4, 0.5) is 13.2 Å². The van der Waals surface area contributed by atoms with Gasteiger partial charge in [-0.3, -0.25) is 14.3 Å². The Hall–Kier alpha value is -3.24. The number of alkyl halides is 3. The number of nitrogens with one attached hydrogen (secondary N) is 2. The molecule has 0 aliphatic carbocycles. The lowest BCUT2D eigenvalue weighted by Gasteiger charge is -2.11. The van der Waals surface area contributed by atoms with Crippen molar-refractivity contribution >= 4 is 11.2 Å². The van der Waals surface area contributed by atoms with Crippen molar-refractivity contribution in [2.75, 3.05) is 6.61 Å². The monoisotopic (exact) mass is 370 g/mol. The SMILES string of the molecule is O=c1[nH]c2nc[nH]c2c(=O)n1CCCOc1cccc(OC(F)(F)F)c1. The smallest absolute Gasteiger partial charge is 0.493 e. The molecule has 0 atom stereocenters. The zero-order chi connectivity index (χ0) is 18.7. The zero-order valence-electron chi connectivity index (χ0n) is 13.2. The van der Waals surface area contributed by atoms with Gasteiger partial charge in [0.2, 0.25) is 0 Å². The van der Waals surface area contributed by atoms with E-state index in [4.69, 9.17) is 4.74 Å². The van der Waals surface area contributed by atoms with E-state index in [9.17, 15) is 22.8 Å². The molecule has 138 valence electrons. The molecule has 0 unspecified atom stereocenters. The molecule has 26 heavy (non-hydrogen) atoms. The predicted molar refractivity (Wildman–Crippen MR) is 84.2 cm³/mol. The van der Waals surface area contributed by atoms with E-state index in [0.29, 0.717) is 0 Å². The first kappa shape index (κ1) is 17.6. The van der Waals surface area contributed by atoms with Crippen LogP contribution in [0, 0.1) is 0 Å². The van der Waals surface area contributed by atoms with Crippen molar-refractivity contribution in [1.29, 1.82) is 0 Å². The second kappa shape index (κ2) is 6.94. The molecule has 0 bridgehead atoms. The first-order valence-corrected chi connectivity index (χ1v) is 7.48. The molecular weight excluding hydrogens is 357 g/mol. The molecule has 0 radical (unpaired) electrons. The van der Waals surface area contributed by atoms with E-state index in [-0.39, 0.29) is 36.5 Å². The standard InChI is InChI=1S/C15H13F3N4O4/c16-15(17,18)26-10-4-1-3-9(7-10)25-6-2-5-22-13(23)11-12(20-8-19-11)21-14(22)24/h1,3-4,7-8H,2,5-6H2,(H,19,20)(H,21,24). The summed E-state index contributed by atoms with van der Waals surface area (Å²) < 4.78 is 46.7. The molecule has 0 saturated carbocycles. The molecule has 1 aromatic carbocycles. The van der Waals surface area contributed by atoms with Crippen molar-refractivity contribution < 1.29 is 22.6 Å². The van der Waals surface area contributed by atoms with Gasteiger partial charge in [-0.15, -0.1) is 13.2 Å². The van der Waals surface area contributed by atoms with Crippen molar-refractivity contribution in [1.82, 2.24) is 19.5 Å². The highest BCUT2D eigenvalue weighted by atomic mass is 19.4. The molecule has 2 heterocycles. The van der Waals surface area contributed by atoms with Crippen LogP contribution < -0.4 is 20.7 Å². The summed E-state index contributed by atoms with van der Waals surface area (Å²) >= 11 is 0. The van der Waals surface area contributed by atoms with Crippen LogP contribution in [-0.4, -0.2) is 32.5 Å². The van der Waals surface area contributed by atoms with E-state index in [0.717, 1.165) is 16.7 Å². The number of aromatic amines is 2. The number of hydrogen-bond acceptors (Lipinski definition) is 5. The number of imidazole rings is 1. The molecule has 11 heteroatoms. The average molecular weight is 370 g/mol. The van der Waals surface area contributed by atoms with E-state index in [1.807, 2.05) is 0 Å². The van der Waals surface area contributed by atoms with E-state index in [2.05, 4.69) is 19.7 Å². The highest BCUT2D eigenvalue weighted by molar-refractivity contribution is 5.67. The van der Waals surface area contributed by atoms with Gasteiger partial charge < -0.3 is 14.5 Å². The van der Waals surface area contributed by atoms with Crippen LogP contribution in [-0.2, 0) is 6.54 Å². The Balaban J connectivity index is 1.60. The quantitative estimate of drug-likeness (QED) is 0.644. The molecule has 8 nitrogen and oxygen atoms in total. The fourth-order valence-corrected chi connectivity index (χ4v) is 2.32. The summed E-state index contributed by atoms with van der Waals surface area (Å²) in [5.74, 6) is -0.218. The number of ether oxygens (including phenoxy) is 2.